The lowest BCUT2D eigenvalue weighted by Gasteiger charge is -2.13. The van der Waals surface area contributed by atoms with Crippen molar-refractivity contribution >= 4 is 22.5 Å². The molecule has 1 aliphatic carbocycles. The molecule has 0 bridgehead atoms. The highest BCUT2D eigenvalue weighted by atomic mass is 16.5. The summed E-state index contributed by atoms with van der Waals surface area (Å²) in [5, 5.41) is 8.77. The van der Waals surface area contributed by atoms with E-state index in [0.717, 1.165) is 51.9 Å². The zero-order chi connectivity index (χ0) is 22.8. The maximum atomic E-state index is 12.6. The molecule has 0 atom stereocenters. The highest BCUT2D eigenvalue weighted by Gasteiger charge is 2.17. The molecule has 1 fully saturated rings. The van der Waals surface area contributed by atoms with Gasteiger partial charge in [-0.15, -0.1) is 0 Å². The van der Waals surface area contributed by atoms with Gasteiger partial charge >= 0.3 is 0 Å². The van der Waals surface area contributed by atoms with E-state index >= 15 is 0 Å². The van der Waals surface area contributed by atoms with Crippen molar-refractivity contribution in [3.05, 3.63) is 65.1 Å². The van der Waals surface area contributed by atoms with Crippen LogP contribution in [0.5, 0.6) is 5.88 Å². The molecule has 1 N–H and O–H groups in total. The highest BCUT2D eigenvalue weighted by molar-refractivity contribution is 5.92. The molecule has 4 aromatic rings. The van der Waals surface area contributed by atoms with Crippen LogP contribution in [0.2, 0.25) is 0 Å². The highest BCUT2D eigenvalue weighted by Crippen LogP contribution is 2.24. The lowest BCUT2D eigenvalue weighted by atomic mass is 10.1. The Morgan fingerprint density at radius 1 is 1.18 bits per heavy atom. The summed E-state index contributed by atoms with van der Waals surface area (Å²) in [6, 6.07) is 11.9. The van der Waals surface area contributed by atoms with E-state index in [1.807, 2.05) is 54.8 Å². The fourth-order valence-corrected chi connectivity index (χ4v) is 4.67. The Labute approximate surface area is 193 Å². The van der Waals surface area contributed by atoms with E-state index in [4.69, 9.17) is 14.8 Å². The van der Waals surface area contributed by atoms with Crippen LogP contribution in [0.4, 0.5) is 0 Å². The average molecular weight is 444 g/mol. The van der Waals surface area contributed by atoms with E-state index in [1.54, 1.807) is 6.20 Å². The van der Waals surface area contributed by atoms with Gasteiger partial charge in [0, 0.05) is 42.0 Å². The number of nitrogens with zero attached hydrogens (tertiary/aromatic N) is 4. The molecule has 1 aromatic carbocycles. The summed E-state index contributed by atoms with van der Waals surface area (Å²) in [7, 11) is 0. The molecular weight excluding hydrogens is 414 g/mol. The van der Waals surface area contributed by atoms with E-state index in [2.05, 4.69) is 10.3 Å². The zero-order valence-corrected chi connectivity index (χ0v) is 19.2. The van der Waals surface area contributed by atoms with Gasteiger partial charge in [0.15, 0.2) is 5.65 Å². The van der Waals surface area contributed by atoms with Gasteiger partial charge in [0.1, 0.15) is 6.10 Å². The molecule has 170 valence electrons. The Morgan fingerprint density at radius 3 is 2.85 bits per heavy atom. The molecular formula is C26H29N5O2. The van der Waals surface area contributed by atoms with Gasteiger partial charge in [-0.05, 0) is 75.3 Å². The molecule has 3 aromatic heterocycles. The number of hydrogen-bond acceptors (Lipinski definition) is 5. The molecule has 0 saturated heterocycles. The van der Waals surface area contributed by atoms with Crippen LogP contribution >= 0.6 is 0 Å². The van der Waals surface area contributed by atoms with Gasteiger partial charge in [-0.3, -0.25) is 4.79 Å². The average Bonchev–Trinajstić information content (AvgIpc) is 3.46. The predicted molar refractivity (Wildman–Crippen MR) is 127 cm³/mol. The third-order valence-corrected chi connectivity index (χ3v) is 6.50. The molecule has 1 saturated carbocycles. The van der Waals surface area contributed by atoms with Gasteiger partial charge in [0.2, 0.25) is 11.8 Å². The first-order valence-electron chi connectivity index (χ1n) is 11.7. The molecule has 0 unspecified atom stereocenters. The third-order valence-electron chi connectivity index (χ3n) is 6.50. The second-order valence-corrected chi connectivity index (χ2v) is 8.82. The summed E-state index contributed by atoms with van der Waals surface area (Å²) in [5.41, 5.74) is 5.83. The standard InChI is InChI=1S/C26H29N5O2/c1-17-21(18(2)31-26(29-17)22-9-5-6-10-23(22)30-31)11-12-24(32)28-16-19-13-14-27-25(15-19)33-20-7-3-4-8-20/h5-6,9-10,13-15,20H,3-4,7-8,11-12,16H2,1-2H3,(H,28,32). The number of aromatic nitrogens is 4. The van der Waals surface area contributed by atoms with Crippen molar-refractivity contribution in [1.29, 1.82) is 0 Å². The first-order chi connectivity index (χ1) is 16.1. The minimum atomic E-state index is 0.00889. The quantitative estimate of drug-likeness (QED) is 0.456. The molecule has 0 aliphatic heterocycles. The molecule has 0 spiro atoms. The van der Waals surface area contributed by atoms with Gasteiger partial charge in [0.25, 0.3) is 0 Å². The number of rotatable bonds is 7. The number of hydrogen-bond donors (Lipinski definition) is 1. The largest absolute Gasteiger partial charge is 0.474 e. The predicted octanol–water partition coefficient (Wildman–Crippen LogP) is 4.46. The van der Waals surface area contributed by atoms with Gasteiger partial charge in [-0.25, -0.2) is 14.5 Å². The number of fused-ring (bicyclic) bond motifs is 3. The summed E-state index contributed by atoms with van der Waals surface area (Å²) in [5.74, 6) is 0.653. The lowest BCUT2D eigenvalue weighted by Crippen LogP contribution is -2.23. The Morgan fingerprint density at radius 2 is 2.00 bits per heavy atom. The van der Waals surface area contributed by atoms with E-state index < -0.39 is 0 Å². The zero-order valence-electron chi connectivity index (χ0n) is 19.2. The van der Waals surface area contributed by atoms with Gasteiger partial charge < -0.3 is 10.1 Å². The second kappa shape index (κ2) is 9.17. The van der Waals surface area contributed by atoms with E-state index in [9.17, 15) is 4.79 Å². The Hall–Kier alpha value is -3.48. The third kappa shape index (κ3) is 4.53. The van der Waals surface area contributed by atoms with Crippen molar-refractivity contribution < 1.29 is 9.53 Å². The first kappa shape index (κ1) is 21.4. The molecule has 3 heterocycles. The van der Waals surface area contributed by atoms with Crippen LogP contribution in [0.1, 0.15) is 54.6 Å². The van der Waals surface area contributed by atoms with Crippen LogP contribution in [0.15, 0.2) is 42.6 Å². The maximum absolute atomic E-state index is 12.6. The Kier molecular flexibility index (Phi) is 5.94. The fraction of sp³-hybridized carbons (Fsp3) is 0.385. The number of pyridine rings is 1. The van der Waals surface area contributed by atoms with Crippen molar-refractivity contribution in [3.8, 4) is 5.88 Å². The minimum absolute atomic E-state index is 0.00889. The molecule has 5 rings (SSSR count). The summed E-state index contributed by atoms with van der Waals surface area (Å²) in [6.45, 7) is 4.51. The molecule has 0 radical (unpaired) electrons. The molecule has 1 aliphatic rings. The van der Waals surface area contributed by atoms with Crippen molar-refractivity contribution in [2.75, 3.05) is 0 Å². The van der Waals surface area contributed by atoms with Crippen LogP contribution in [-0.4, -0.2) is 31.6 Å². The van der Waals surface area contributed by atoms with E-state index in [-0.39, 0.29) is 12.0 Å². The number of ether oxygens (including phenoxy) is 1. The topological polar surface area (TPSA) is 81.4 Å². The maximum Gasteiger partial charge on any atom is 0.220 e. The SMILES string of the molecule is Cc1nc2c3ccccc3nn2c(C)c1CCC(=O)NCc1ccnc(OC2CCCC2)c1. The normalized spacial score (nSPS) is 14.2. The van der Waals surface area contributed by atoms with Crippen LogP contribution in [0.3, 0.4) is 0 Å². The summed E-state index contributed by atoms with van der Waals surface area (Å²) in [4.78, 5) is 21.7. The smallest absolute Gasteiger partial charge is 0.220 e. The minimum Gasteiger partial charge on any atom is -0.474 e. The van der Waals surface area contributed by atoms with Crippen molar-refractivity contribution in [1.82, 2.24) is 24.9 Å². The number of benzene rings is 1. The lowest BCUT2D eigenvalue weighted by molar-refractivity contribution is -0.121. The summed E-state index contributed by atoms with van der Waals surface area (Å²) >= 11 is 0. The van der Waals surface area contributed by atoms with Gasteiger partial charge in [-0.2, -0.15) is 5.10 Å². The molecule has 7 heteroatoms. The summed E-state index contributed by atoms with van der Waals surface area (Å²) < 4.78 is 7.87. The van der Waals surface area contributed by atoms with Crippen LogP contribution < -0.4 is 10.1 Å². The van der Waals surface area contributed by atoms with E-state index in [1.165, 1.54) is 12.8 Å². The number of aryl methyl sites for hydroxylation is 2. The van der Waals surface area contributed by atoms with Crippen LogP contribution in [-0.2, 0) is 17.8 Å². The van der Waals surface area contributed by atoms with Gasteiger partial charge in [0.05, 0.1) is 5.52 Å². The van der Waals surface area contributed by atoms with Crippen molar-refractivity contribution in [3.63, 3.8) is 0 Å². The first-order valence-corrected chi connectivity index (χ1v) is 11.7. The molecule has 33 heavy (non-hydrogen) atoms. The van der Waals surface area contributed by atoms with Gasteiger partial charge in [-0.1, -0.05) is 12.1 Å². The Balaban J connectivity index is 1.22. The number of nitrogens with one attached hydrogen (secondary N) is 1. The number of carbonyl (C=O) groups is 1. The second-order valence-electron chi connectivity index (χ2n) is 8.82. The Bertz CT molecular complexity index is 1310. The van der Waals surface area contributed by atoms with E-state index in [0.29, 0.717) is 25.3 Å². The van der Waals surface area contributed by atoms with Crippen molar-refractivity contribution in [2.45, 2.75) is 65.0 Å². The van der Waals surface area contributed by atoms with Crippen LogP contribution in [0, 0.1) is 13.8 Å². The number of amides is 1. The summed E-state index contributed by atoms with van der Waals surface area (Å²) in [6.07, 6.45) is 7.66. The van der Waals surface area contributed by atoms with Crippen molar-refractivity contribution in [2.24, 2.45) is 0 Å². The fourth-order valence-electron chi connectivity index (χ4n) is 4.67. The molecule has 7 nitrogen and oxygen atoms in total. The number of carbonyl (C=O) groups excluding carboxylic acids is 1. The van der Waals surface area contributed by atoms with Crippen LogP contribution in [0.25, 0.3) is 16.6 Å². The monoisotopic (exact) mass is 443 g/mol. The molecule has 1 amide bonds.